The second-order valence-corrected chi connectivity index (χ2v) is 8.05. The zero-order valence-electron chi connectivity index (χ0n) is 16.8. The molecule has 0 aliphatic heterocycles. The second-order valence-electron chi connectivity index (χ2n) is 8.05. The van der Waals surface area contributed by atoms with Gasteiger partial charge in [0.05, 0.1) is 18.2 Å². The van der Waals surface area contributed by atoms with Crippen molar-refractivity contribution in [1.82, 2.24) is 9.88 Å². The Labute approximate surface area is 169 Å². The van der Waals surface area contributed by atoms with E-state index < -0.39 is 5.41 Å². The van der Waals surface area contributed by atoms with Gasteiger partial charge in [0.1, 0.15) is 11.5 Å². The highest BCUT2D eigenvalue weighted by Crippen LogP contribution is 2.24. The maximum absolute atomic E-state index is 14.6. The SMILES string of the molecule is Cc1cccc(Cn2c(C(=O)NCC(C)(C)CO)cc3cc(C#N)ccc32)c1F. The lowest BCUT2D eigenvalue weighted by atomic mass is 9.95. The number of aryl methyl sites for hydroxylation is 1. The molecule has 2 N–H and O–H groups in total. The molecule has 1 heterocycles. The van der Waals surface area contributed by atoms with Crippen LogP contribution in [0.2, 0.25) is 0 Å². The first kappa shape index (κ1) is 20.6. The maximum Gasteiger partial charge on any atom is 0.267 e. The van der Waals surface area contributed by atoms with Crippen LogP contribution in [0.15, 0.2) is 42.5 Å². The molecule has 150 valence electrons. The minimum Gasteiger partial charge on any atom is -0.396 e. The summed E-state index contributed by atoms with van der Waals surface area (Å²) in [4.78, 5) is 12.9. The third-order valence-corrected chi connectivity index (χ3v) is 5.02. The van der Waals surface area contributed by atoms with Gasteiger partial charge < -0.3 is 15.0 Å². The van der Waals surface area contributed by atoms with E-state index in [1.165, 1.54) is 0 Å². The smallest absolute Gasteiger partial charge is 0.267 e. The average molecular weight is 393 g/mol. The third kappa shape index (κ3) is 4.30. The number of halogens is 1. The maximum atomic E-state index is 14.6. The van der Waals surface area contributed by atoms with Gasteiger partial charge in [0.2, 0.25) is 0 Å². The van der Waals surface area contributed by atoms with Crippen molar-refractivity contribution in [3.8, 4) is 6.07 Å². The topological polar surface area (TPSA) is 78.1 Å². The molecule has 29 heavy (non-hydrogen) atoms. The number of rotatable bonds is 6. The summed E-state index contributed by atoms with van der Waals surface area (Å²) in [5.41, 5.74) is 2.19. The minimum absolute atomic E-state index is 0.0592. The first-order valence-electron chi connectivity index (χ1n) is 9.42. The van der Waals surface area contributed by atoms with E-state index in [0.29, 0.717) is 28.9 Å². The number of aliphatic hydroxyl groups excluding tert-OH is 1. The summed E-state index contributed by atoms with van der Waals surface area (Å²) in [7, 11) is 0. The van der Waals surface area contributed by atoms with E-state index in [9.17, 15) is 19.6 Å². The van der Waals surface area contributed by atoms with Crippen molar-refractivity contribution >= 4 is 16.8 Å². The molecule has 0 saturated heterocycles. The lowest BCUT2D eigenvalue weighted by Crippen LogP contribution is -2.36. The molecule has 5 nitrogen and oxygen atoms in total. The van der Waals surface area contributed by atoms with Crippen molar-refractivity contribution < 1.29 is 14.3 Å². The predicted octanol–water partition coefficient (Wildman–Crippen LogP) is 3.76. The number of amides is 1. The van der Waals surface area contributed by atoms with Gasteiger partial charge in [-0.2, -0.15) is 5.26 Å². The molecule has 0 saturated carbocycles. The van der Waals surface area contributed by atoms with E-state index in [-0.39, 0.29) is 24.9 Å². The standard InChI is InChI=1S/C23H24FN3O2/c1-15-5-4-6-17(21(15)24)12-27-19-8-7-16(11-25)9-18(19)10-20(27)22(29)26-13-23(2,3)14-28/h4-10,28H,12-14H2,1-3H3,(H,26,29). The van der Waals surface area contributed by atoms with E-state index in [2.05, 4.69) is 11.4 Å². The number of carbonyl (C=O) groups excluding carboxylic acids is 1. The molecule has 0 fully saturated rings. The number of aliphatic hydroxyl groups is 1. The monoisotopic (exact) mass is 393 g/mol. The fraction of sp³-hybridized carbons (Fsp3) is 0.304. The molecule has 6 heteroatoms. The van der Waals surface area contributed by atoms with Gasteiger partial charge in [0.15, 0.2) is 0 Å². The van der Waals surface area contributed by atoms with Gasteiger partial charge in [0, 0.05) is 35.0 Å². The van der Waals surface area contributed by atoms with Crippen LogP contribution >= 0.6 is 0 Å². The highest BCUT2D eigenvalue weighted by Gasteiger charge is 2.21. The number of nitrogens with one attached hydrogen (secondary N) is 1. The zero-order valence-corrected chi connectivity index (χ0v) is 16.8. The molecule has 1 aromatic heterocycles. The van der Waals surface area contributed by atoms with Crippen LogP contribution in [0.4, 0.5) is 4.39 Å². The molecular weight excluding hydrogens is 369 g/mol. The van der Waals surface area contributed by atoms with Crippen LogP contribution in [0.1, 0.15) is 41.0 Å². The molecule has 0 unspecified atom stereocenters. The first-order valence-corrected chi connectivity index (χ1v) is 9.42. The van der Waals surface area contributed by atoms with Crippen LogP contribution in [-0.4, -0.2) is 28.7 Å². The van der Waals surface area contributed by atoms with Crippen molar-refractivity contribution in [3.63, 3.8) is 0 Å². The summed E-state index contributed by atoms with van der Waals surface area (Å²) in [6, 6.07) is 14.2. The highest BCUT2D eigenvalue weighted by atomic mass is 19.1. The quantitative estimate of drug-likeness (QED) is 0.669. The molecule has 1 amide bonds. The number of benzene rings is 2. The highest BCUT2D eigenvalue weighted by molar-refractivity contribution is 5.99. The molecular formula is C23H24FN3O2. The number of hydrogen-bond acceptors (Lipinski definition) is 3. The summed E-state index contributed by atoms with van der Waals surface area (Å²) in [5, 5.41) is 22.2. The van der Waals surface area contributed by atoms with Crippen LogP contribution in [0.3, 0.4) is 0 Å². The van der Waals surface area contributed by atoms with Gasteiger partial charge in [0.25, 0.3) is 5.91 Å². The number of nitriles is 1. The van der Waals surface area contributed by atoms with Gasteiger partial charge in [-0.25, -0.2) is 4.39 Å². The Hall–Kier alpha value is -3.17. The normalized spacial score (nSPS) is 11.4. The molecule has 3 rings (SSSR count). The van der Waals surface area contributed by atoms with E-state index in [1.54, 1.807) is 54.0 Å². The summed E-state index contributed by atoms with van der Waals surface area (Å²) in [5.74, 6) is -0.606. The summed E-state index contributed by atoms with van der Waals surface area (Å²) in [6.07, 6.45) is 0. The first-order chi connectivity index (χ1) is 13.8. The largest absolute Gasteiger partial charge is 0.396 e. The fourth-order valence-electron chi connectivity index (χ4n) is 3.17. The lowest BCUT2D eigenvalue weighted by Gasteiger charge is -2.22. The molecule has 0 atom stereocenters. The third-order valence-electron chi connectivity index (χ3n) is 5.02. The fourth-order valence-corrected chi connectivity index (χ4v) is 3.17. The van der Waals surface area contributed by atoms with E-state index >= 15 is 0 Å². The number of fused-ring (bicyclic) bond motifs is 1. The lowest BCUT2D eigenvalue weighted by molar-refractivity contribution is 0.0902. The van der Waals surface area contributed by atoms with Crippen LogP contribution in [0.5, 0.6) is 0 Å². The average Bonchev–Trinajstić information content (AvgIpc) is 3.07. The van der Waals surface area contributed by atoms with Gasteiger partial charge in [-0.1, -0.05) is 32.0 Å². The van der Waals surface area contributed by atoms with Crippen molar-refractivity contribution in [2.24, 2.45) is 5.41 Å². The summed E-state index contributed by atoms with van der Waals surface area (Å²) >= 11 is 0. The predicted molar refractivity (Wildman–Crippen MR) is 110 cm³/mol. The zero-order chi connectivity index (χ0) is 21.2. The van der Waals surface area contributed by atoms with Crippen molar-refractivity contribution in [1.29, 1.82) is 5.26 Å². The molecule has 2 aromatic carbocycles. The van der Waals surface area contributed by atoms with Crippen LogP contribution in [-0.2, 0) is 6.54 Å². The van der Waals surface area contributed by atoms with Crippen molar-refractivity contribution in [2.75, 3.05) is 13.2 Å². The van der Waals surface area contributed by atoms with Gasteiger partial charge >= 0.3 is 0 Å². The van der Waals surface area contributed by atoms with E-state index in [0.717, 1.165) is 10.9 Å². The number of hydrogen-bond donors (Lipinski definition) is 2. The van der Waals surface area contributed by atoms with Gasteiger partial charge in [-0.3, -0.25) is 4.79 Å². The number of aromatic nitrogens is 1. The summed E-state index contributed by atoms with van der Waals surface area (Å²) < 4.78 is 16.4. The van der Waals surface area contributed by atoms with Crippen molar-refractivity contribution in [2.45, 2.75) is 27.3 Å². The molecule has 0 radical (unpaired) electrons. The minimum atomic E-state index is -0.455. The van der Waals surface area contributed by atoms with Crippen LogP contribution in [0, 0.1) is 29.5 Å². The number of nitrogens with zero attached hydrogens (tertiary/aromatic N) is 2. The molecule has 0 bridgehead atoms. The molecule has 0 spiro atoms. The van der Waals surface area contributed by atoms with E-state index in [1.807, 2.05) is 13.8 Å². The Morgan fingerprint density at radius 1 is 1.28 bits per heavy atom. The Morgan fingerprint density at radius 3 is 2.72 bits per heavy atom. The second kappa shape index (κ2) is 8.06. The molecule has 0 aliphatic carbocycles. The Morgan fingerprint density at radius 2 is 2.03 bits per heavy atom. The van der Waals surface area contributed by atoms with Crippen molar-refractivity contribution in [3.05, 3.63) is 70.7 Å². The Bertz CT molecular complexity index is 1110. The molecule has 0 aliphatic rings. The van der Waals surface area contributed by atoms with Crippen LogP contribution in [0.25, 0.3) is 10.9 Å². The molecule has 3 aromatic rings. The van der Waals surface area contributed by atoms with E-state index in [4.69, 9.17) is 0 Å². The Kier molecular flexibility index (Phi) is 5.71. The summed E-state index contributed by atoms with van der Waals surface area (Å²) in [6.45, 7) is 5.84. The Balaban J connectivity index is 2.05. The van der Waals surface area contributed by atoms with Gasteiger partial charge in [-0.15, -0.1) is 0 Å². The number of carbonyl (C=O) groups is 1. The van der Waals surface area contributed by atoms with Crippen LogP contribution < -0.4 is 5.32 Å². The van der Waals surface area contributed by atoms with Gasteiger partial charge in [-0.05, 0) is 36.8 Å².